The topological polar surface area (TPSA) is 214 Å². The quantitative estimate of drug-likeness (QED) is 0.137. The van der Waals surface area contributed by atoms with Crippen LogP contribution in [0.15, 0.2) is 0 Å². The Balaban J connectivity index is 5.52. The number of hydrogen-bond acceptors (Lipinski definition) is 8. The van der Waals surface area contributed by atoms with Crippen molar-refractivity contribution in [3.63, 3.8) is 0 Å². The number of amides is 4. The smallest absolute Gasteiger partial charge is 0.326 e. The summed E-state index contributed by atoms with van der Waals surface area (Å²) in [5.74, 6) is -4.08. The summed E-state index contributed by atoms with van der Waals surface area (Å²) in [6.45, 7) is 4.57. The van der Waals surface area contributed by atoms with Crippen molar-refractivity contribution in [2.24, 2.45) is 17.4 Å². The fraction of sp³-hybridized carbons (Fsp3) is 0.737. The van der Waals surface area contributed by atoms with Crippen LogP contribution in [-0.2, 0) is 24.0 Å². The lowest BCUT2D eigenvalue weighted by molar-refractivity contribution is -0.143. The molecule has 5 atom stereocenters. The zero-order chi connectivity index (χ0) is 25.0. The van der Waals surface area contributed by atoms with Gasteiger partial charge in [0.15, 0.2) is 0 Å². The number of thioether (sulfide) groups is 1. The van der Waals surface area contributed by atoms with Crippen LogP contribution in [0.5, 0.6) is 0 Å². The maximum absolute atomic E-state index is 12.8. The van der Waals surface area contributed by atoms with E-state index < -0.39 is 65.8 Å². The van der Waals surface area contributed by atoms with E-state index in [1.807, 2.05) is 0 Å². The number of carboxylic acid groups (broad SMARTS) is 1. The van der Waals surface area contributed by atoms with E-state index in [-0.39, 0.29) is 19.3 Å². The second kappa shape index (κ2) is 14.6. The summed E-state index contributed by atoms with van der Waals surface area (Å²) in [5.41, 5.74) is 10.7. The molecule has 32 heavy (non-hydrogen) atoms. The summed E-state index contributed by atoms with van der Waals surface area (Å²) in [6.07, 6.45) is 0.447. The highest BCUT2D eigenvalue weighted by Crippen LogP contribution is 2.07. The molecular weight excluding hydrogens is 442 g/mol. The molecule has 0 bridgehead atoms. The maximum Gasteiger partial charge on any atom is 0.326 e. The molecular formula is C19H35N5O7S. The summed E-state index contributed by atoms with van der Waals surface area (Å²) >= 11 is 1.42. The molecule has 0 radical (unpaired) electrons. The SMILES string of the molecule is CSCCC(NC(=O)C(CCC(N)=O)NC(=O)C(N)C(C)O)C(=O)NC(C(=O)O)C(C)C. The summed E-state index contributed by atoms with van der Waals surface area (Å²) in [5, 5.41) is 26.1. The highest BCUT2D eigenvalue weighted by molar-refractivity contribution is 7.98. The number of nitrogens with one attached hydrogen (secondary N) is 3. The second-order valence-electron chi connectivity index (χ2n) is 7.74. The third kappa shape index (κ3) is 10.8. The average molecular weight is 478 g/mol. The van der Waals surface area contributed by atoms with Gasteiger partial charge in [0.05, 0.1) is 6.10 Å². The number of aliphatic hydroxyl groups is 1. The molecule has 0 aliphatic carbocycles. The number of carboxylic acids is 1. The monoisotopic (exact) mass is 477 g/mol. The molecule has 0 heterocycles. The normalized spacial score (nSPS) is 15.7. The summed E-state index contributed by atoms with van der Waals surface area (Å²) < 4.78 is 0. The van der Waals surface area contributed by atoms with E-state index in [9.17, 15) is 34.2 Å². The van der Waals surface area contributed by atoms with Crippen LogP contribution in [0.3, 0.4) is 0 Å². The Morgan fingerprint density at radius 3 is 1.84 bits per heavy atom. The largest absolute Gasteiger partial charge is 0.480 e. The van der Waals surface area contributed by atoms with Gasteiger partial charge in [-0.25, -0.2) is 4.79 Å². The van der Waals surface area contributed by atoms with Crippen LogP contribution < -0.4 is 27.4 Å². The molecule has 184 valence electrons. The predicted molar refractivity (Wildman–Crippen MR) is 119 cm³/mol. The van der Waals surface area contributed by atoms with E-state index in [0.717, 1.165) is 0 Å². The molecule has 0 aromatic heterocycles. The molecule has 12 nitrogen and oxygen atoms in total. The number of nitrogens with two attached hydrogens (primary N) is 2. The van der Waals surface area contributed by atoms with E-state index >= 15 is 0 Å². The van der Waals surface area contributed by atoms with Crippen LogP contribution in [-0.4, -0.2) is 82.1 Å². The highest BCUT2D eigenvalue weighted by atomic mass is 32.2. The van der Waals surface area contributed by atoms with Crippen molar-refractivity contribution in [1.29, 1.82) is 0 Å². The standard InChI is InChI=1S/C19H35N5O7S/c1-9(2)15(19(30)31)24-17(28)12(7-8-32-4)22-16(27)11(5-6-13(20)26)23-18(29)14(21)10(3)25/h9-12,14-15,25H,5-8,21H2,1-4H3,(H2,20,26)(H,22,27)(H,23,29)(H,24,28)(H,30,31). The maximum atomic E-state index is 12.8. The number of carbonyl (C=O) groups excluding carboxylic acids is 4. The van der Waals surface area contributed by atoms with E-state index in [1.165, 1.54) is 18.7 Å². The summed E-state index contributed by atoms with van der Waals surface area (Å²) in [4.78, 5) is 60.3. The molecule has 0 rings (SSSR count). The molecule has 4 amide bonds. The third-order valence-corrected chi connectivity index (χ3v) is 5.25. The lowest BCUT2D eigenvalue weighted by Crippen LogP contribution is -2.58. The number of hydrogen-bond donors (Lipinski definition) is 7. The van der Waals surface area contributed by atoms with Crippen LogP contribution in [0.1, 0.15) is 40.0 Å². The molecule has 5 unspecified atom stereocenters. The van der Waals surface area contributed by atoms with Crippen LogP contribution in [0.4, 0.5) is 0 Å². The van der Waals surface area contributed by atoms with E-state index in [2.05, 4.69) is 16.0 Å². The van der Waals surface area contributed by atoms with Crippen molar-refractivity contribution in [3.05, 3.63) is 0 Å². The van der Waals surface area contributed by atoms with Gasteiger partial charge < -0.3 is 37.6 Å². The fourth-order valence-electron chi connectivity index (χ4n) is 2.59. The first kappa shape index (κ1) is 29.6. The number of aliphatic carboxylic acids is 1. The van der Waals surface area contributed by atoms with E-state index in [0.29, 0.717) is 5.75 Å². The predicted octanol–water partition coefficient (Wildman–Crippen LogP) is -2.09. The first-order valence-electron chi connectivity index (χ1n) is 10.2. The Kier molecular flexibility index (Phi) is 13.5. The Morgan fingerprint density at radius 1 is 0.906 bits per heavy atom. The van der Waals surface area contributed by atoms with Crippen molar-refractivity contribution in [1.82, 2.24) is 16.0 Å². The molecule has 0 saturated carbocycles. The minimum atomic E-state index is -1.31. The zero-order valence-corrected chi connectivity index (χ0v) is 19.6. The van der Waals surface area contributed by atoms with Gasteiger partial charge in [-0.3, -0.25) is 19.2 Å². The molecule has 0 saturated heterocycles. The Morgan fingerprint density at radius 2 is 1.41 bits per heavy atom. The molecule has 0 spiro atoms. The van der Waals surface area contributed by atoms with Crippen LogP contribution in [0.25, 0.3) is 0 Å². The Hall–Kier alpha value is -2.38. The van der Waals surface area contributed by atoms with Crippen molar-refractivity contribution in [2.75, 3.05) is 12.0 Å². The molecule has 13 heteroatoms. The van der Waals surface area contributed by atoms with Crippen molar-refractivity contribution >= 4 is 41.4 Å². The van der Waals surface area contributed by atoms with Gasteiger partial charge in [-0.2, -0.15) is 11.8 Å². The lowest BCUT2D eigenvalue weighted by Gasteiger charge is -2.26. The number of primary amides is 1. The van der Waals surface area contributed by atoms with Gasteiger partial charge in [-0.05, 0) is 37.7 Å². The minimum Gasteiger partial charge on any atom is -0.480 e. The van der Waals surface area contributed by atoms with E-state index in [4.69, 9.17) is 11.5 Å². The summed E-state index contributed by atoms with van der Waals surface area (Å²) in [6, 6.07) is -4.78. The molecule has 0 aromatic rings. The molecule has 0 aliphatic rings. The fourth-order valence-corrected chi connectivity index (χ4v) is 3.06. The lowest BCUT2D eigenvalue weighted by atomic mass is 10.0. The Bertz CT molecular complexity index is 674. The van der Waals surface area contributed by atoms with Crippen LogP contribution in [0, 0.1) is 5.92 Å². The zero-order valence-electron chi connectivity index (χ0n) is 18.8. The third-order valence-electron chi connectivity index (χ3n) is 4.61. The number of aliphatic hydroxyl groups excluding tert-OH is 1. The average Bonchev–Trinajstić information content (AvgIpc) is 2.70. The van der Waals surface area contributed by atoms with Crippen LogP contribution in [0.2, 0.25) is 0 Å². The minimum absolute atomic E-state index is 0.153. The van der Waals surface area contributed by atoms with Crippen molar-refractivity contribution in [3.8, 4) is 0 Å². The van der Waals surface area contributed by atoms with Gasteiger partial charge in [0.25, 0.3) is 0 Å². The van der Waals surface area contributed by atoms with Crippen LogP contribution >= 0.6 is 11.8 Å². The van der Waals surface area contributed by atoms with Crippen molar-refractivity contribution < 1.29 is 34.2 Å². The van der Waals surface area contributed by atoms with Gasteiger partial charge in [-0.1, -0.05) is 13.8 Å². The molecule has 9 N–H and O–H groups in total. The van der Waals surface area contributed by atoms with Gasteiger partial charge in [-0.15, -0.1) is 0 Å². The molecule has 0 aromatic carbocycles. The van der Waals surface area contributed by atoms with E-state index in [1.54, 1.807) is 20.1 Å². The number of carbonyl (C=O) groups is 5. The van der Waals surface area contributed by atoms with Gasteiger partial charge in [0.2, 0.25) is 23.6 Å². The Labute approximate surface area is 191 Å². The first-order chi connectivity index (χ1) is 14.8. The van der Waals surface area contributed by atoms with Crippen molar-refractivity contribution in [2.45, 2.75) is 70.3 Å². The van der Waals surface area contributed by atoms with Gasteiger partial charge in [0.1, 0.15) is 24.2 Å². The second-order valence-corrected chi connectivity index (χ2v) is 8.73. The molecule has 0 fully saturated rings. The number of rotatable bonds is 15. The first-order valence-corrected chi connectivity index (χ1v) is 11.6. The highest BCUT2D eigenvalue weighted by Gasteiger charge is 2.31. The van der Waals surface area contributed by atoms with Gasteiger partial charge >= 0.3 is 5.97 Å². The molecule has 0 aliphatic heterocycles. The van der Waals surface area contributed by atoms with Gasteiger partial charge in [0, 0.05) is 6.42 Å². The summed E-state index contributed by atoms with van der Waals surface area (Å²) in [7, 11) is 0.